The van der Waals surface area contributed by atoms with Gasteiger partial charge in [-0.25, -0.2) is 0 Å². The molecule has 1 aliphatic heterocycles. The molecule has 6 heteroatoms. The predicted molar refractivity (Wildman–Crippen MR) is 84.8 cm³/mol. The number of nitrogens with one attached hydrogen (secondary N) is 2. The van der Waals surface area contributed by atoms with Crippen LogP contribution in [-0.2, 0) is 0 Å². The van der Waals surface area contributed by atoms with Crippen LogP contribution in [-0.4, -0.2) is 56.2 Å². The Hall–Kier alpha value is -2.21. The Morgan fingerprint density at radius 2 is 2.14 bits per heavy atom. The van der Waals surface area contributed by atoms with Crippen molar-refractivity contribution in [3.63, 3.8) is 0 Å². The molecule has 0 saturated carbocycles. The smallest absolute Gasteiger partial charge is 0.267 e. The molecular weight excluding hydrogens is 282 g/mol. The van der Waals surface area contributed by atoms with E-state index in [1.54, 1.807) is 14.2 Å². The number of likely N-dealkylation sites (N-methyl/N-ethyl adjacent to an activating group) is 1. The second kappa shape index (κ2) is 5.88. The monoisotopic (exact) mass is 303 g/mol. The molecule has 1 aromatic heterocycles. The summed E-state index contributed by atoms with van der Waals surface area (Å²) in [5.74, 6) is 1.29. The highest BCUT2D eigenvalue weighted by molar-refractivity contribution is 6.00. The number of nitrogens with zero attached hydrogens (tertiary/aromatic N) is 1. The summed E-state index contributed by atoms with van der Waals surface area (Å²) in [6.07, 6.45) is 0.986. The molecule has 0 radical (unpaired) electrons. The van der Waals surface area contributed by atoms with E-state index in [2.05, 4.69) is 22.2 Å². The van der Waals surface area contributed by atoms with E-state index in [4.69, 9.17) is 9.47 Å². The fourth-order valence-corrected chi connectivity index (χ4v) is 2.90. The average Bonchev–Trinajstić information content (AvgIpc) is 3.12. The van der Waals surface area contributed by atoms with Crippen molar-refractivity contribution in [2.75, 3.05) is 34.4 Å². The van der Waals surface area contributed by atoms with E-state index in [1.165, 1.54) is 0 Å². The summed E-state index contributed by atoms with van der Waals surface area (Å²) in [5.41, 5.74) is 1.36. The number of likely N-dealkylation sites (tertiary alicyclic amines) is 1. The SMILES string of the molecule is COc1cc(OC)c2cc(C(=O)NC3CCN(C)C3)[nH]c2c1. The molecule has 3 rings (SSSR count). The molecule has 1 atom stereocenters. The quantitative estimate of drug-likeness (QED) is 0.901. The Bertz CT molecular complexity index is 695. The summed E-state index contributed by atoms with van der Waals surface area (Å²) in [6, 6.07) is 5.70. The molecule has 0 bridgehead atoms. The van der Waals surface area contributed by atoms with Crippen LogP contribution in [0.15, 0.2) is 18.2 Å². The Morgan fingerprint density at radius 1 is 1.32 bits per heavy atom. The van der Waals surface area contributed by atoms with Crippen LogP contribution in [0.25, 0.3) is 10.9 Å². The van der Waals surface area contributed by atoms with Gasteiger partial charge in [0.15, 0.2) is 0 Å². The number of rotatable bonds is 4. The molecule has 6 nitrogen and oxygen atoms in total. The van der Waals surface area contributed by atoms with Crippen LogP contribution in [0.1, 0.15) is 16.9 Å². The molecule has 1 fully saturated rings. The maximum atomic E-state index is 12.4. The maximum Gasteiger partial charge on any atom is 0.267 e. The van der Waals surface area contributed by atoms with Crippen molar-refractivity contribution in [2.45, 2.75) is 12.5 Å². The van der Waals surface area contributed by atoms with Crippen LogP contribution in [0.5, 0.6) is 11.5 Å². The Balaban J connectivity index is 1.86. The van der Waals surface area contributed by atoms with Crippen LogP contribution >= 0.6 is 0 Å². The zero-order valence-electron chi connectivity index (χ0n) is 13.1. The van der Waals surface area contributed by atoms with E-state index in [1.807, 2.05) is 18.2 Å². The lowest BCUT2D eigenvalue weighted by Gasteiger charge is -2.11. The highest BCUT2D eigenvalue weighted by atomic mass is 16.5. The first kappa shape index (κ1) is 14.7. The Morgan fingerprint density at radius 3 is 2.77 bits per heavy atom. The molecular formula is C16H21N3O3. The van der Waals surface area contributed by atoms with E-state index < -0.39 is 0 Å². The van der Waals surface area contributed by atoms with Crippen LogP contribution < -0.4 is 14.8 Å². The summed E-state index contributed by atoms with van der Waals surface area (Å²) in [7, 11) is 5.27. The second-order valence-electron chi connectivity index (χ2n) is 5.70. The number of carbonyl (C=O) groups excluding carboxylic acids is 1. The number of aromatic amines is 1. The number of carbonyl (C=O) groups is 1. The number of fused-ring (bicyclic) bond motifs is 1. The van der Waals surface area contributed by atoms with Crippen molar-refractivity contribution in [2.24, 2.45) is 0 Å². The normalized spacial score (nSPS) is 18.6. The number of ether oxygens (including phenoxy) is 2. The molecule has 1 aromatic carbocycles. The van der Waals surface area contributed by atoms with Crippen LogP contribution in [0.2, 0.25) is 0 Å². The minimum Gasteiger partial charge on any atom is -0.497 e. The first-order valence-corrected chi connectivity index (χ1v) is 7.35. The molecule has 1 unspecified atom stereocenters. The molecule has 1 saturated heterocycles. The van der Waals surface area contributed by atoms with Gasteiger partial charge in [-0.15, -0.1) is 0 Å². The number of H-pyrrole nitrogens is 1. The van der Waals surface area contributed by atoms with Crippen molar-refractivity contribution >= 4 is 16.8 Å². The van der Waals surface area contributed by atoms with Crippen molar-refractivity contribution in [3.05, 3.63) is 23.9 Å². The van der Waals surface area contributed by atoms with Gasteiger partial charge in [0, 0.05) is 30.1 Å². The maximum absolute atomic E-state index is 12.4. The minimum absolute atomic E-state index is 0.0856. The van der Waals surface area contributed by atoms with E-state index in [0.717, 1.165) is 30.4 Å². The van der Waals surface area contributed by atoms with Gasteiger partial charge in [-0.1, -0.05) is 0 Å². The molecule has 2 heterocycles. The number of aromatic nitrogens is 1. The highest BCUT2D eigenvalue weighted by Crippen LogP contribution is 2.31. The van der Waals surface area contributed by atoms with Crippen molar-refractivity contribution in [1.82, 2.24) is 15.2 Å². The third-order valence-corrected chi connectivity index (χ3v) is 4.10. The third kappa shape index (κ3) is 2.74. The van der Waals surface area contributed by atoms with Gasteiger partial charge in [0.2, 0.25) is 0 Å². The van der Waals surface area contributed by atoms with E-state index in [9.17, 15) is 4.79 Å². The van der Waals surface area contributed by atoms with Gasteiger partial charge in [-0.2, -0.15) is 0 Å². The van der Waals surface area contributed by atoms with Crippen LogP contribution in [0, 0.1) is 0 Å². The predicted octanol–water partition coefficient (Wildman–Crippen LogP) is 1.62. The molecule has 1 aliphatic rings. The van der Waals surface area contributed by atoms with Gasteiger partial charge in [0.1, 0.15) is 17.2 Å². The fraction of sp³-hybridized carbons (Fsp3) is 0.438. The van der Waals surface area contributed by atoms with E-state index in [0.29, 0.717) is 17.2 Å². The van der Waals surface area contributed by atoms with Gasteiger partial charge in [-0.05, 0) is 26.1 Å². The van der Waals surface area contributed by atoms with Crippen molar-refractivity contribution in [1.29, 1.82) is 0 Å². The average molecular weight is 303 g/mol. The second-order valence-corrected chi connectivity index (χ2v) is 5.70. The molecule has 0 aliphatic carbocycles. The van der Waals surface area contributed by atoms with Crippen molar-refractivity contribution in [3.8, 4) is 11.5 Å². The Kier molecular flexibility index (Phi) is 3.94. The lowest BCUT2D eigenvalue weighted by molar-refractivity contribution is 0.0934. The lowest BCUT2D eigenvalue weighted by Crippen LogP contribution is -2.36. The van der Waals surface area contributed by atoms with E-state index >= 15 is 0 Å². The number of methoxy groups -OCH3 is 2. The first-order valence-electron chi connectivity index (χ1n) is 7.35. The molecule has 118 valence electrons. The van der Waals surface area contributed by atoms with Gasteiger partial charge in [0.05, 0.1) is 19.7 Å². The molecule has 0 spiro atoms. The van der Waals surface area contributed by atoms with Gasteiger partial charge < -0.3 is 24.7 Å². The number of amides is 1. The summed E-state index contributed by atoms with van der Waals surface area (Å²) < 4.78 is 10.6. The standard InChI is InChI=1S/C16H21N3O3/c1-19-5-4-10(9-19)17-16(20)14-8-12-13(18-14)6-11(21-2)7-15(12)22-3/h6-8,10,18H,4-5,9H2,1-3H3,(H,17,20). The van der Waals surface area contributed by atoms with Crippen LogP contribution in [0.3, 0.4) is 0 Å². The van der Waals surface area contributed by atoms with E-state index in [-0.39, 0.29) is 11.9 Å². The summed E-state index contributed by atoms with van der Waals surface area (Å²) >= 11 is 0. The van der Waals surface area contributed by atoms with Crippen molar-refractivity contribution < 1.29 is 14.3 Å². The molecule has 2 N–H and O–H groups in total. The number of hydrogen-bond acceptors (Lipinski definition) is 4. The highest BCUT2D eigenvalue weighted by Gasteiger charge is 2.22. The van der Waals surface area contributed by atoms with Gasteiger partial charge in [-0.3, -0.25) is 4.79 Å². The summed E-state index contributed by atoms with van der Waals surface area (Å²) in [6.45, 7) is 1.91. The Labute approximate surface area is 129 Å². The largest absolute Gasteiger partial charge is 0.497 e. The zero-order valence-corrected chi connectivity index (χ0v) is 13.1. The topological polar surface area (TPSA) is 66.6 Å². The number of hydrogen-bond donors (Lipinski definition) is 2. The molecule has 2 aromatic rings. The molecule has 1 amide bonds. The van der Waals surface area contributed by atoms with Gasteiger partial charge >= 0.3 is 0 Å². The van der Waals surface area contributed by atoms with Gasteiger partial charge in [0.25, 0.3) is 5.91 Å². The molecule has 22 heavy (non-hydrogen) atoms. The third-order valence-electron chi connectivity index (χ3n) is 4.10. The number of benzene rings is 1. The summed E-state index contributed by atoms with van der Waals surface area (Å²) in [5, 5.41) is 3.94. The fourth-order valence-electron chi connectivity index (χ4n) is 2.90. The van der Waals surface area contributed by atoms with Crippen LogP contribution in [0.4, 0.5) is 0 Å². The summed E-state index contributed by atoms with van der Waals surface area (Å²) in [4.78, 5) is 17.8. The first-order chi connectivity index (χ1) is 10.6. The minimum atomic E-state index is -0.0856. The zero-order chi connectivity index (χ0) is 15.7. The lowest BCUT2D eigenvalue weighted by atomic mass is 10.2.